The van der Waals surface area contributed by atoms with E-state index in [1.54, 1.807) is 0 Å². The number of fused-ring (bicyclic) bond motifs is 1. The fourth-order valence-corrected chi connectivity index (χ4v) is 2.47. The molecule has 0 radical (unpaired) electrons. The number of hydrogen-bond donors (Lipinski definition) is 0. The average molecular weight is 242 g/mol. The summed E-state index contributed by atoms with van der Waals surface area (Å²) in [6.45, 7) is 2.38. The maximum absolute atomic E-state index is 5.38. The van der Waals surface area contributed by atoms with Crippen LogP contribution in [0.25, 0.3) is 10.9 Å². The highest BCUT2D eigenvalue weighted by molar-refractivity contribution is 5.80. The van der Waals surface area contributed by atoms with Gasteiger partial charge in [0.15, 0.2) is 0 Å². The second-order valence-corrected chi connectivity index (χ2v) is 4.81. The van der Waals surface area contributed by atoms with Crippen molar-refractivity contribution < 1.29 is 4.52 Å². The molecular formula is C15H18N2O. The van der Waals surface area contributed by atoms with Crippen LogP contribution in [0.3, 0.4) is 0 Å². The fraction of sp³-hybridized carbons (Fsp3) is 0.400. The molecule has 2 aromatic rings. The summed E-state index contributed by atoms with van der Waals surface area (Å²) in [5, 5.41) is 5.19. The molecular weight excluding hydrogens is 224 g/mol. The zero-order chi connectivity index (χ0) is 12.2. The van der Waals surface area contributed by atoms with E-state index in [2.05, 4.69) is 28.4 Å². The molecule has 1 fully saturated rings. The van der Waals surface area contributed by atoms with E-state index in [0.717, 1.165) is 23.1 Å². The lowest BCUT2D eigenvalue weighted by molar-refractivity contribution is 0.308. The summed E-state index contributed by atoms with van der Waals surface area (Å²) in [6, 6.07) is 8.06. The van der Waals surface area contributed by atoms with Gasteiger partial charge in [-0.15, -0.1) is 0 Å². The number of hydrogen-bond acceptors (Lipinski definition) is 3. The Hall–Kier alpha value is -1.77. The Morgan fingerprint density at radius 3 is 2.89 bits per heavy atom. The van der Waals surface area contributed by atoms with Crippen LogP contribution in [0, 0.1) is 0 Å². The zero-order valence-electron chi connectivity index (χ0n) is 10.5. The predicted octanol–water partition coefficient (Wildman–Crippen LogP) is 3.37. The van der Waals surface area contributed by atoms with Gasteiger partial charge in [-0.3, -0.25) is 0 Å². The summed E-state index contributed by atoms with van der Waals surface area (Å²) >= 11 is 0. The lowest BCUT2D eigenvalue weighted by Gasteiger charge is -2.24. The Balaban J connectivity index is 1.67. The van der Waals surface area contributed by atoms with E-state index in [1.165, 1.54) is 32.4 Å². The van der Waals surface area contributed by atoms with Gasteiger partial charge in [-0.05, 0) is 37.6 Å². The molecule has 0 saturated carbocycles. The first-order valence-corrected chi connectivity index (χ1v) is 6.67. The molecule has 1 saturated heterocycles. The Bertz CT molecular complexity index is 538. The third-order valence-corrected chi connectivity index (χ3v) is 3.47. The smallest absolute Gasteiger partial charge is 0.148 e. The van der Waals surface area contributed by atoms with Gasteiger partial charge in [-0.2, -0.15) is 0 Å². The lowest BCUT2D eigenvalue weighted by Crippen LogP contribution is -2.24. The molecule has 18 heavy (non-hydrogen) atoms. The highest BCUT2D eigenvalue weighted by Crippen LogP contribution is 2.18. The zero-order valence-corrected chi connectivity index (χ0v) is 10.5. The van der Waals surface area contributed by atoms with Crippen molar-refractivity contribution in [3.05, 3.63) is 42.3 Å². The van der Waals surface area contributed by atoms with Crippen LogP contribution < -0.4 is 0 Å². The van der Waals surface area contributed by atoms with Crippen molar-refractivity contribution in [3.8, 4) is 0 Å². The molecule has 0 atom stereocenters. The number of benzene rings is 1. The largest absolute Gasteiger partial charge is 0.378 e. The quantitative estimate of drug-likeness (QED) is 0.826. The number of rotatable bonds is 3. The van der Waals surface area contributed by atoms with Gasteiger partial charge in [0, 0.05) is 24.9 Å². The topological polar surface area (TPSA) is 29.3 Å². The predicted molar refractivity (Wildman–Crippen MR) is 72.3 cm³/mol. The van der Waals surface area contributed by atoms with Crippen LogP contribution in [0.4, 0.5) is 0 Å². The van der Waals surface area contributed by atoms with E-state index in [-0.39, 0.29) is 0 Å². The summed E-state index contributed by atoms with van der Waals surface area (Å²) in [4.78, 5) is 2.39. The van der Waals surface area contributed by atoms with Crippen molar-refractivity contribution >= 4 is 10.9 Å². The standard InChI is InChI=1S/C15H18N2O/c1-4-10-17(11-5-1)12-6-9-15-13-7-2-3-8-14(13)16-18-15/h2-3,6-8,12H,1,4-5,9-11H2/b12-6+. The van der Waals surface area contributed by atoms with Gasteiger partial charge < -0.3 is 9.42 Å². The Labute approximate surface area is 107 Å². The Morgan fingerprint density at radius 2 is 2.00 bits per heavy atom. The molecule has 0 aliphatic carbocycles. The van der Waals surface area contributed by atoms with Gasteiger partial charge in [0.05, 0.1) is 0 Å². The van der Waals surface area contributed by atoms with E-state index >= 15 is 0 Å². The summed E-state index contributed by atoms with van der Waals surface area (Å²) < 4.78 is 5.38. The molecule has 94 valence electrons. The van der Waals surface area contributed by atoms with Gasteiger partial charge in [-0.1, -0.05) is 23.4 Å². The molecule has 1 aromatic carbocycles. The van der Waals surface area contributed by atoms with Crippen molar-refractivity contribution in [1.82, 2.24) is 10.1 Å². The van der Waals surface area contributed by atoms with Crippen LogP contribution in [-0.4, -0.2) is 23.1 Å². The maximum atomic E-state index is 5.38. The third kappa shape index (κ3) is 2.40. The van der Waals surface area contributed by atoms with Crippen molar-refractivity contribution in [2.75, 3.05) is 13.1 Å². The molecule has 3 nitrogen and oxygen atoms in total. The lowest BCUT2D eigenvalue weighted by atomic mass is 10.1. The normalized spacial score (nSPS) is 16.8. The van der Waals surface area contributed by atoms with Crippen LogP contribution in [0.2, 0.25) is 0 Å². The maximum Gasteiger partial charge on any atom is 0.148 e. The first kappa shape index (κ1) is 11.3. The third-order valence-electron chi connectivity index (χ3n) is 3.47. The molecule has 0 unspecified atom stereocenters. The van der Waals surface area contributed by atoms with Gasteiger partial charge >= 0.3 is 0 Å². The highest BCUT2D eigenvalue weighted by Gasteiger charge is 2.07. The molecule has 0 N–H and O–H groups in total. The van der Waals surface area contributed by atoms with Crippen LogP contribution in [0.15, 0.2) is 41.1 Å². The molecule has 3 rings (SSSR count). The molecule has 1 aliphatic heterocycles. The summed E-state index contributed by atoms with van der Waals surface area (Å²) in [5.74, 6) is 0.957. The van der Waals surface area contributed by atoms with Crippen molar-refractivity contribution in [2.24, 2.45) is 0 Å². The SMILES string of the molecule is C(=C\N1CCCCC1)/Cc1onc2ccccc12. The monoisotopic (exact) mass is 242 g/mol. The minimum Gasteiger partial charge on any atom is -0.378 e. The molecule has 0 spiro atoms. The fourth-order valence-electron chi connectivity index (χ4n) is 2.47. The van der Waals surface area contributed by atoms with E-state index in [9.17, 15) is 0 Å². The summed E-state index contributed by atoms with van der Waals surface area (Å²) in [5.41, 5.74) is 0.943. The Kier molecular flexibility index (Phi) is 3.31. The first-order valence-electron chi connectivity index (χ1n) is 6.67. The number of piperidine rings is 1. The number of aromatic nitrogens is 1. The van der Waals surface area contributed by atoms with E-state index < -0.39 is 0 Å². The first-order chi connectivity index (χ1) is 8.93. The number of nitrogens with zero attached hydrogens (tertiary/aromatic N) is 2. The van der Waals surface area contributed by atoms with Crippen LogP contribution in [0.5, 0.6) is 0 Å². The molecule has 1 aromatic heterocycles. The summed E-state index contributed by atoms with van der Waals surface area (Å²) in [6.07, 6.45) is 9.20. The van der Waals surface area contributed by atoms with Crippen molar-refractivity contribution in [2.45, 2.75) is 25.7 Å². The van der Waals surface area contributed by atoms with Gasteiger partial charge in [0.1, 0.15) is 11.3 Å². The highest BCUT2D eigenvalue weighted by atomic mass is 16.5. The summed E-state index contributed by atoms with van der Waals surface area (Å²) in [7, 11) is 0. The molecule has 3 heteroatoms. The van der Waals surface area contributed by atoms with Crippen LogP contribution in [0.1, 0.15) is 25.0 Å². The molecule has 1 aliphatic rings. The second kappa shape index (κ2) is 5.25. The Morgan fingerprint density at radius 1 is 1.17 bits per heavy atom. The molecule has 2 heterocycles. The van der Waals surface area contributed by atoms with Gasteiger partial charge in [0.2, 0.25) is 0 Å². The molecule has 0 bridgehead atoms. The molecule has 0 amide bonds. The minimum absolute atomic E-state index is 0.816. The van der Waals surface area contributed by atoms with E-state index in [1.807, 2.05) is 18.2 Å². The number of likely N-dealkylation sites (tertiary alicyclic amines) is 1. The minimum atomic E-state index is 0.816. The van der Waals surface area contributed by atoms with Gasteiger partial charge in [0.25, 0.3) is 0 Å². The van der Waals surface area contributed by atoms with E-state index in [4.69, 9.17) is 4.52 Å². The van der Waals surface area contributed by atoms with Crippen LogP contribution in [-0.2, 0) is 6.42 Å². The van der Waals surface area contributed by atoms with Gasteiger partial charge in [-0.25, -0.2) is 0 Å². The van der Waals surface area contributed by atoms with E-state index in [0.29, 0.717) is 0 Å². The van der Waals surface area contributed by atoms with Crippen molar-refractivity contribution in [1.29, 1.82) is 0 Å². The average Bonchev–Trinajstić information content (AvgIpc) is 2.84. The second-order valence-electron chi connectivity index (χ2n) is 4.81. The van der Waals surface area contributed by atoms with Crippen LogP contribution >= 0.6 is 0 Å². The number of allylic oxidation sites excluding steroid dienone is 1. The van der Waals surface area contributed by atoms with Crippen molar-refractivity contribution in [3.63, 3.8) is 0 Å².